The minimum atomic E-state index is -0.769. The fraction of sp³-hybridized carbons (Fsp3) is 0.640. The molecule has 2 unspecified atom stereocenters. The minimum absolute atomic E-state index is 0.00321. The van der Waals surface area contributed by atoms with Crippen LogP contribution in [0.1, 0.15) is 84.4 Å². The molecule has 0 heterocycles. The summed E-state index contributed by atoms with van der Waals surface area (Å²) in [6.45, 7) is 13.5. The number of nitrogens with one attached hydrogen (secondary N) is 2. The molecule has 3 amide bonds. The number of benzene rings is 1. The zero-order valence-corrected chi connectivity index (χ0v) is 20.8. The van der Waals surface area contributed by atoms with E-state index in [9.17, 15) is 14.4 Å². The quantitative estimate of drug-likeness (QED) is 0.523. The van der Waals surface area contributed by atoms with Crippen LogP contribution in [-0.2, 0) is 14.3 Å². The van der Waals surface area contributed by atoms with Gasteiger partial charge in [0.1, 0.15) is 18.2 Å². The standard InChI is InChI=1S/C25H41N3O4/c1-8-10-16-28(21(29)17-26-24(31)32-25(5,6)7)22(20-14-12-18(3)13-15-20)23(30)27-19(4)11-9-2/h12-15,19,22H,8-11,16-17H2,1-7H3,(H,26,31)(H,27,30). The average Bonchev–Trinajstić information content (AvgIpc) is 2.69. The lowest BCUT2D eigenvalue weighted by Gasteiger charge is -2.32. The van der Waals surface area contributed by atoms with Crippen molar-refractivity contribution in [1.82, 2.24) is 15.5 Å². The number of unbranched alkanes of at least 4 members (excludes halogenated alkanes) is 1. The Labute approximate surface area is 193 Å². The molecule has 1 aromatic carbocycles. The Morgan fingerprint density at radius 3 is 2.22 bits per heavy atom. The molecule has 180 valence electrons. The molecule has 2 N–H and O–H groups in total. The van der Waals surface area contributed by atoms with Gasteiger partial charge in [-0.1, -0.05) is 56.5 Å². The van der Waals surface area contributed by atoms with Crippen molar-refractivity contribution in [2.75, 3.05) is 13.1 Å². The van der Waals surface area contributed by atoms with Crippen LogP contribution in [0.4, 0.5) is 4.79 Å². The highest BCUT2D eigenvalue weighted by Gasteiger charge is 2.32. The summed E-state index contributed by atoms with van der Waals surface area (Å²) in [5.74, 6) is -0.537. The number of alkyl carbamates (subject to hydrolysis) is 1. The Kier molecular flexibility index (Phi) is 11.2. The molecule has 0 aliphatic carbocycles. The number of amides is 3. The highest BCUT2D eigenvalue weighted by molar-refractivity contribution is 5.90. The van der Waals surface area contributed by atoms with Crippen molar-refractivity contribution in [2.24, 2.45) is 0 Å². The first kappa shape index (κ1) is 27.5. The molecule has 0 spiro atoms. The summed E-state index contributed by atoms with van der Waals surface area (Å²) < 4.78 is 5.23. The van der Waals surface area contributed by atoms with Crippen LogP contribution >= 0.6 is 0 Å². The van der Waals surface area contributed by atoms with Gasteiger partial charge in [0.15, 0.2) is 0 Å². The van der Waals surface area contributed by atoms with E-state index in [0.29, 0.717) is 6.54 Å². The normalized spacial score (nSPS) is 13.1. The van der Waals surface area contributed by atoms with Gasteiger partial charge in [0, 0.05) is 12.6 Å². The molecule has 0 saturated carbocycles. The number of ether oxygens (including phenoxy) is 1. The van der Waals surface area contributed by atoms with Crippen LogP contribution < -0.4 is 10.6 Å². The number of nitrogens with zero attached hydrogens (tertiary/aromatic N) is 1. The van der Waals surface area contributed by atoms with Crippen LogP contribution in [0.3, 0.4) is 0 Å². The lowest BCUT2D eigenvalue weighted by atomic mass is 10.0. The molecule has 0 aromatic heterocycles. The Balaban J connectivity index is 3.15. The molecular weight excluding hydrogens is 406 g/mol. The molecule has 1 rings (SSSR count). The third-order valence-corrected chi connectivity index (χ3v) is 4.92. The van der Waals surface area contributed by atoms with E-state index in [0.717, 1.165) is 36.8 Å². The van der Waals surface area contributed by atoms with Gasteiger partial charge < -0.3 is 20.3 Å². The maximum Gasteiger partial charge on any atom is 0.408 e. The van der Waals surface area contributed by atoms with Crippen molar-refractivity contribution in [3.8, 4) is 0 Å². The van der Waals surface area contributed by atoms with Crippen LogP contribution in [0, 0.1) is 6.92 Å². The Morgan fingerprint density at radius 2 is 1.69 bits per heavy atom. The maximum absolute atomic E-state index is 13.3. The molecule has 0 bridgehead atoms. The smallest absolute Gasteiger partial charge is 0.408 e. The highest BCUT2D eigenvalue weighted by atomic mass is 16.6. The van der Waals surface area contributed by atoms with E-state index in [1.165, 1.54) is 0 Å². The number of rotatable bonds is 11. The van der Waals surface area contributed by atoms with E-state index >= 15 is 0 Å². The van der Waals surface area contributed by atoms with E-state index in [1.54, 1.807) is 25.7 Å². The molecule has 7 nitrogen and oxygen atoms in total. The van der Waals surface area contributed by atoms with Gasteiger partial charge in [0.2, 0.25) is 11.8 Å². The largest absolute Gasteiger partial charge is 0.444 e. The maximum atomic E-state index is 13.3. The van der Waals surface area contributed by atoms with E-state index in [4.69, 9.17) is 4.74 Å². The van der Waals surface area contributed by atoms with Crippen LogP contribution in [0.5, 0.6) is 0 Å². The molecule has 1 aromatic rings. The molecule has 2 atom stereocenters. The number of hydrogen-bond acceptors (Lipinski definition) is 4. The van der Waals surface area contributed by atoms with Crippen LogP contribution in [0.2, 0.25) is 0 Å². The van der Waals surface area contributed by atoms with E-state index in [2.05, 4.69) is 17.6 Å². The van der Waals surface area contributed by atoms with Crippen molar-refractivity contribution in [3.05, 3.63) is 35.4 Å². The fourth-order valence-electron chi connectivity index (χ4n) is 3.34. The zero-order valence-electron chi connectivity index (χ0n) is 20.8. The van der Waals surface area contributed by atoms with E-state index in [-0.39, 0.29) is 24.4 Å². The van der Waals surface area contributed by atoms with Gasteiger partial charge in [-0.3, -0.25) is 9.59 Å². The molecule has 0 radical (unpaired) electrons. The van der Waals surface area contributed by atoms with E-state index in [1.807, 2.05) is 45.0 Å². The second-order valence-electron chi connectivity index (χ2n) is 9.31. The monoisotopic (exact) mass is 447 g/mol. The number of hydrogen-bond donors (Lipinski definition) is 2. The van der Waals surface area contributed by atoms with Gasteiger partial charge in [-0.2, -0.15) is 0 Å². The average molecular weight is 448 g/mol. The van der Waals surface area contributed by atoms with Gasteiger partial charge in [0.05, 0.1) is 0 Å². The van der Waals surface area contributed by atoms with Crippen molar-refractivity contribution >= 4 is 17.9 Å². The fourth-order valence-corrected chi connectivity index (χ4v) is 3.34. The summed E-state index contributed by atoms with van der Waals surface area (Å²) in [5.41, 5.74) is 1.16. The van der Waals surface area contributed by atoms with E-state index < -0.39 is 17.7 Å². The summed E-state index contributed by atoms with van der Waals surface area (Å²) in [7, 11) is 0. The van der Waals surface area contributed by atoms with Gasteiger partial charge in [-0.15, -0.1) is 0 Å². The molecule has 0 aliphatic heterocycles. The Morgan fingerprint density at radius 1 is 1.06 bits per heavy atom. The predicted molar refractivity (Wildman–Crippen MR) is 127 cm³/mol. The van der Waals surface area contributed by atoms with Crippen molar-refractivity contribution in [1.29, 1.82) is 0 Å². The van der Waals surface area contributed by atoms with Crippen LogP contribution in [-0.4, -0.2) is 47.5 Å². The Bertz CT molecular complexity index is 741. The van der Waals surface area contributed by atoms with Crippen LogP contribution in [0.15, 0.2) is 24.3 Å². The first-order valence-electron chi connectivity index (χ1n) is 11.6. The molecular formula is C25H41N3O4. The number of aryl methyl sites for hydroxylation is 1. The van der Waals surface area contributed by atoms with Crippen molar-refractivity contribution < 1.29 is 19.1 Å². The lowest BCUT2D eigenvalue weighted by molar-refractivity contribution is -0.140. The second-order valence-corrected chi connectivity index (χ2v) is 9.31. The summed E-state index contributed by atoms with van der Waals surface area (Å²) in [5, 5.41) is 5.58. The third kappa shape index (κ3) is 9.71. The van der Waals surface area contributed by atoms with Gasteiger partial charge >= 0.3 is 6.09 Å². The second kappa shape index (κ2) is 13.1. The SMILES string of the molecule is CCCCN(C(=O)CNC(=O)OC(C)(C)C)C(C(=O)NC(C)CCC)c1ccc(C)cc1. The van der Waals surface area contributed by atoms with Crippen LogP contribution in [0.25, 0.3) is 0 Å². The Hall–Kier alpha value is -2.57. The summed E-state index contributed by atoms with van der Waals surface area (Å²) in [4.78, 5) is 40.1. The van der Waals surface area contributed by atoms with Crippen molar-refractivity contribution in [2.45, 2.75) is 91.8 Å². The molecule has 0 fully saturated rings. The zero-order chi connectivity index (χ0) is 24.3. The lowest BCUT2D eigenvalue weighted by Crippen LogP contribution is -2.49. The predicted octanol–water partition coefficient (Wildman–Crippen LogP) is 4.49. The number of carbonyl (C=O) groups is 3. The van der Waals surface area contributed by atoms with Gasteiger partial charge in [-0.25, -0.2) is 4.79 Å². The molecule has 0 saturated heterocycles. The first-order valence-corrected chi connectivity index (χ1v) is 11.6. The topological polar surface area (TPSA) is 87.7 Å². The van der Waals surface area contributed by atoms with Gasteiger partial charge in [-0.05, 0) is 53.0 Å². The minimum Gasteiger partial charge on any atom is -0.444 e. The molecule has 32 heavy (non-hydrogen) atoms. The van der Waals surface area contributed by atoms with Crippen molar-refractivity contribution in [3.63, 3.8) is 0 Å². The third-order valence-electron chi connectivity index (χ3n) is 4.92. The summed E-state index contributed by atoms with van der Waals surface area (Å²) in [6, 6.07) is 6.88. The van der Waals surface area contributed by atoms with Gasteiger partial charge in [0.25, 0.3) is 0 Å². The highest BCUT2D eigenvalue weighted by Crippen LogP contribution is 2.23. The summed E-state index contributed by atoms with van der Waals surface area (Å²) in [6.07, 6.45) is 2.77. The molecule has 7 heteroatoms. The number of carbonyl (C=O) groups excluding carboxylic acids is 3. The molecule has 0 aliphatic rings. The first-order chi connectivity index (χ1) is 15.0. The summed E-state index contributed by atoms with van der Waals surface area (Å²) >= 11 is 0.